The quantitative estimate of drug-likeness (QED) is 0.502. The molecule has 2 aromatic heterocycles. The third-order valence-electron chi connectivity index (χ3n) is 2.36. The SMILES string of the molecule is Clc1nc(Oc2ccc(Br)cc2Br)c2ccsc2n1. The summed E-state index contributed by atoms with van der Waals surface area (Å²) >= 11 is 14.2. The van der Waals surface area contributed by atoms with E-state index in [0.717, 1.165) is 19.2 Å². The molecule has 3 rings (SSSR count). The van der Waals surface area contributed by atoms with Crippen LogP contribution in [0.2, 0.25) is 5.28 Å². The van der Waals surface area contributed by atoms with Crippen LogP contribution in [-0.2, 0) is 0 Å². The first-order valence-corrected chi connectivity index (χ1v) is 8.01. The summed E-state index contributed by atoms with van der Waals surface area (Å²) in [5, 5.41) is 2.96. The standard InChI is InChI=1S/C12H5Br2ClN2OS/c13-6-1-2-9(8(14)5-6)18-10-7-3-4-19-11(7)17-12(15)16-10/h1-5H. The molecule has 0 amide bonds. The zero-order valence-corrected chi connectivity index (χ0v) is 14.0. The maximum absolute atomic E-state index is 5.90. The highest BCUT2D eigenvalue weighted by atomic mass is 79.9. The van der Waals surface area contributed by atoms with Crippen molar-refractivity contribution in [3.05, 3.63) is 43.9 Å². The Balaban J connectivity index is 2.07. The predicted molar refractivity (Wildman–Crippen MR) is 84.3 cm³/mol. The lowest BCUT2D eigenvalue weighted by atomic mass is 10.3. The molecular formula is C12H5Br2ClN2OS. The summed E-state index contributed by atoms with van der Waals surface area (Å²) in [4.78, 5) is 9.10. The summed E-state index contributed by atoms with van der Waals surface area (Å²) in [5.41, 5.74) is 0. The van der Waals surface area contributed by atoms with Crippen molar-refractivity contribution in [2.24, 2.45) is 0 Å². The highest BCUT2D eigenvalue weighted by molar-refractivity contribution is 9.11. The topological polar surface area (TPSA) is 35.0 Å². The predicted octanol–water partition coefficient (Wildman–Crippen LogP) is 5.66. The van der Waals surface area contributed by atoms with Crippen LogP contribution in [0.5, 0.6) is 11.6 Å². The van der Waals surface area contributed by atoms with Gasteiger partial charge in [0.25, 0.3) is 0 Å². The van der Waals surface area contributed by atoms with Crippen LogP contribution >= 0.6 is 54.8 Å². The van der Waals surface area contributed by atoms with Crippen molar-refractivity contribution >= 4 is 65.0 Å². The molecule has 7 heteroatoms. The van der Waals surface area contributed by atoms with Gasteiger partial charge in [0.1, 0.15) is 10.6 Å². The smallest absolute Gasteiger partial charge is 0.232 e. The molecule has 0 fully saturated rings. The van der Waals surface area contributed by atoms with E-state index >= 15 is 0 Å². The first-order chi connectivity index (χ1) is 9.13. The van der Waals surface area contributed by atoms with Crippen molar-refractivity contribution in [1.29, 1.82) is 0 Å². The number of rotatable bonds is 2. The van der Waals surface area contributed by atoms with Crippen molar-refractivity contribution in [2.45, 2.75) is 0 Å². The van der Waals surface area contributed by atoms with E-state index in [9.17, 15) is 0 Å². The number of aromatic nitrogens is 2. The van der Waals surface area contributed by atoms with E-state index < -0.39 is 0 Å². The first kappa shape index (κ1) is 13.3. The highest BCUT2D eigenvalue weighted by Gasteiger charge is 2.11. The van der Waals surface area contributed by atoms with Gasteiger partial charge in [0.2, 0.25) is 11.2 Å². The lowest BCUT2D eigenvalue weighted by molar-refractivity contribution is 0.465. The number of hydrogen-bond donors (Lipinski definition) is 0. The molecule has 0 saturated heterocycles. The number of benzene rings is 1. The van der Waals surface area contributed by atoms with E-state index in [1.54, 1.807) is 0 Å². The molecule has 3 nitrogen and oxygen atoms in total. The van der Waals surface area contributed by atoms with Crippen LogP contribution in [0.3, 0.4) is 0 Å². The molecule has 0 atom stereocenters. The summed E-state index contributed by atoms with van der Waals surface area (Å²) in [7, 11) is 0. The van der Waals surface area contributed by atoms with Crippen molar-refractivity contribution in [3.8, 4) is 11.6 Å². The Morgan fingerprint density at radius 1 is 1.16 bits per heavy atom. The van der Waals surface area contributed by atoms with E-state index in [-0.39, 0.29) is 5.28 Å². The molecule has 0 saturated carbocycles. The van der Waals surface area contributed by atoms with Crippen molar-refractivity contribution < 1.29 is 4.74 Å². The Morgan fingerprint density at radius 2 is 2.00 bits per heavy atom. The van der Waals surface area contributed by atoms with Crippen LogP contribution in [0.25, 0.3) is 10.2 Å². The molecule has 0 unspecified atom stereocenters. The Kier molecular flexibility index (Phi) is 3.75. The van der Waals surface area contributed by atoms with Gasteiger partial charge in [-0.1, -0.05) is 15.9 Å². The third kappa shape index (κ3) is 2.76. The summed E-state index contributed by atoms with van der Waals surface area (Å²) in [6, 6.07) is 7.57. The number of hydrogen-bond acceptors (Lipinski definition) is 4. The molecule has 0 aliphatic carbocycles. The average Bonchev–Trinajstić information content (AvgIpc) is 2.80. The van der Waals surface area contributed by atoms with Gasteiger partial charge in [0, 0.05) is 4.47 Å². The minimum atomic E-state index is 0.179. The third-order valence-corrected chi connectivity index (χ3v) is 4.45. The average molecular weight is 421 g/mol. The van der Waals surface area contributed by atoms with Gasteiger partial charge < -0.3 is 4.74 Å². The van der Waals surface area contributed by atoms with E-state index in [4.69, 9.17) is 16.3 Å². The fourth-order valence-corrected chi connectivity index (χ4v) is 3.64. The maximum atomic E-state index is 5.90. The first-order valence-electron chi connectivity index (χ1n) is 5.17. The molecule has 0 radical (unpaired) electrons. The number of nitrogens with zero attached hydrogens (tertiary/aromatic N) is 2. The highest BCUT2D eigenvalue weighted by Crippen LogP contribution is 2.35. The summed E-state index contributed by atoms with van der Waals surface area (Å²) in [6.45, 7) is 0. The molecule has 2 heterocycles. The fourth-order valence-electron chi connectivity index (χ4n) is 1.54. The van der Waals surface area contributed by atoms with Gasteiger partial charge in [-0.05, 0) is 57.2 Å². The second-order valence-corrected chi connectivity index (χ2v) is 6.62. The molecule has 0 aliphatic heterocycles. The van der Waals surface area contributed by atoms with Crippen molar-refractivity contribution in [3.63, 3.8) is 0 Å². The molecule has 3 aromatic rings. The Labute approximate surface area is 134 Å². The molecule has 0 aliphatic rings. The van der Waals surface area contributed by atoms with Crippen molar-refractivity contribution in [1.82, 2.24) is 9.97 Å². The van der Waals surface area contributed by atoms with Crippen LogP contribution in [-0.4, -0.2) is 9.97 Å². The van der Waals surface area contributed by atoms with Crippen LogP contribution < -0.4 is 4.74 Å². The van der Waals surface area contributed by atoms with E-state index in [0.29, 0.717) is 11.6 Å². The van der Waals surface area contributed by atoms with E-state index in [1.807, 2.05) is 29.6 Å². The zero-order valence-electron chi connectivity index (χ0n) is 9.23. The van der Waals surface area contributed by atoms with Gasteiger partial charge in [0.15, 0.2) is 0 Å². The number of ether oxygens (including phenoxy) is 1. The van der Waals surface area contributed by atoms with Gasteiger partial charge in [-0.2, -0.15) is 4.98 Å². The number of halogens is 3. The molecule has 0 bridgehead atoms. The van der Waals surface area contributed by atoms with E-state index in [2.05, 4.69) is 41.8 Å². The molecule has 19 heavy (non-hydrogen) atoms. The molecule has 1 aromatic carbocycles. The largest absolute Gasteiger partial charge is 0.437 e. The van der Waals surface area contributed by atoms with Crippen LogP contribution in [0.1, 0.15) is 0 Å². The Morgan fingerprint density at radius 3 is 2.79 bits per heavy atom. The molecule has 96 valence electrons. The lowest BCUT2D eigenvalue weighted by Crippen LogP contribution is -1.91. The molecule has 0 N–H and O–H groups in total. The van der Waals surface area contributed by atoms with Gasteiger partial charge in [-0.25, -0.2) is 4.98 Å². The molecular weight excluding hydrogens is 415 g/mol. The minimum Gasteiger partial charge on any atom is -0.437 e. The van der Waals surface area contributed by atoms with Crippen LogP contribution in [0.15, 0.2) is 38.6 Å². The Hall–Kier alpha value is -0.690. The van der Waals surface area contributed by atoms with E-state index in [1.165, 1.54) is 11.3 Å². The van der Waals surface area contributed by atoms with Crippen molar-refractivity contribution in [2.75, 3.05) is 0 Å². The molecule has 0 spiro atoms. The lowest BCUT2D eigenvalue weighted by Gasteiger charge is -2.08. The van der Waals surface area contributed by atoms with Gasteiger partial charge in [-0.3, -0.25) is 0 Å². The summed E-state index contributed by atoms with van der Waals surface area (Å²) in [6.07, 6.45) is 0. The second kappa shape index (κ2) is 5.36. The monoisotopic (exact) mass is 418 g/mol. The fraction of sp³-hybridized carbons (Fsp3) is 0. The van der Waals surface area contributed by atoms with Gasteiger partial charge in [-0.15, -0.1) is 11.3 Å². The van der Waals surface area contributed by atoms with Crippen LogP contribution in [0, 0.1) is 0 Å². The summed E-state index contributed by atoms with van der Waals surface area (Å²) in [5.74, 6) is 1.13. The van der Waals surface area contributed by atoms with Gasteiger partial charge >= 0.3 is 0 Å². The van der Waals surface area contributed by atoms with Gasteiger partial charge in [0.05, 0.1) is 9.86 Å². The Bertz CT molecular complexity index is 763. The maximum Gasteiger partial charge on any atom is 0.232 e. The summed E-state index contributed by atoms with van der Waals surface area (Å²) < 4.78 is 7.62. The minimum absolute atomic E-state index is 0.179. The number of fused-ring (bicyclic) bond motifs is 1. The van der Waals surface area contributed by atoms with Crippen LogP contribution in [0.4, 0.5) is 0 Å². The normalized spacial score (nSPS) is 10.9. The number of thiophene rings is 1. The second-order valence-electron chi connectivity index (χ2n) is 3.61. The zero-order chi connectivity index (χ0) is 13.4.